The summed E-state index contributed by atoms with van der Waals surface area (Å²) in [6.07, 6.45) is 2.58. The van der Waals surface area contributed by atoms with Crippen molar-refractivity contribution in [2.75, 3.05) is 19.6 Å². The Morgan fingerprint density at radius 1 is 1.19 bits per heavy atom. The van der Waals surface area contributed by atoms with Gasteiger partial charge in [0.05, 0.1) is 0 Å². The molecule has 21 heavy (non-hydrogen) atoms. The van der Waals surface area contributed by atoms with Crippen LogP contribution in [0.3, 0.4) is 0 Å². The molecule has 5 heteroatoms. The van der Waals surface area contributed by atoms with E-state index in [1.165, 1.54) is 25.9 Å². The molecule has 110 valence electrons. The predicted molar refractivity (Wildman–Crippen MR) is 80.5 cm³/mol. The molecule has 3 saturated heterocycles. The molecule has 2 bridgehead atoms. The van der Waals surface area contributed by atoms with Gasteiger partial charge in [0, 0.05) is 12.1 Å². The predicted octanol–water partition coefficient (Wildman–Crippen LogP) is 3.47. The van der Waals surface area contributed by atoms with Gasteiger partial charge in [0.15, 0.2) is 10.8 Å². The largest absolute Gasteiger partial charge is 0.469 e. The molecule has 0 amide bonds. The summed E-state index contributed by atoms with van der Waals surface area (Å²) in [6, 6.07) is 9.75. The standard InChI is InChI=1S/C16H17ClN2O2/c17-14-15(12-4-2-1-3-5-12)21-18-16(14)20-13-10-19-8-6-11(13)7-9-19/h1-5,11,13H,6-10H2. The van der Waals surface area contributed by atoms with Crippen LogP contribution in [0.15, 0.2) is 34.9 Å². The average Bonchev–Trinajstić information content (AvgIpc) is 2.90. The zero-order valence-electron chi connectivity index (χ0n) is 11.7. The third-order valence-corrected chi connectivity index (χ3v) is 4.84. The van der Waals surface area contributed by atoms with E-state index in [0.29, 0.717) is 22.6 Å². The minimum atomic E-state index is 0.179. The van der Waals surface area contributed by atoms with Gasteiger partial charge in [-0.25, -0.2) is 0 Å². The number of fused-ring (bicyclic) bond motifs is 3. The summed E-state index contributed by atoms with van der Waals surface area (Å²) in [5.74, 6) is 1.62. The number of halogens is 1. The lowest BCUT2D eigenvalue weighted by atomic mass is 9.86. The van der Waals surface area contributed by atoms with Gasteiger partial charge in [-0.2, -0.15) is 0 Å². The Morgan fingerprint density at radius 2 is 1.95 bits per heavy atom. The van der Waals surface area contributed by atoms with Crippen LogP contribution in [0.2, 0.25) is 5.02 Å². The fourth-order valence-electron chi connectivity index (χ4n) is 3.29. The molecular formula is C16H17ClN2O2. The van der Waals surface area contributed by atoms with E-state index >= 15 is 0 Å². The molecule has 0 saturated carbocycles. The second-order valence-electron chi connectivity index (χ2n) is 5.79. The fraction of sp³-hybridized carbons (Fsp3) is 0.438. The Labute approximate surface area is 128 Å². The molecule has 3 aliphatic rings. The van der Waals surface area contributed by atoms with E-state index in [9.17, 15) is 0 Å². The minimum Gasteiger partial charge on any atom is -0.469 e. The molecule has 4 heterocycles. The molecule has 2 aromatic rings. The summed E-state index contributed by atoms with van der Waals surface area (Å²) in [5.41, 5.74) is 0.916. The van der Waals surface area contributed by atoms with Crippen molar-refractivity contribution in [2.45, 2.75) is 18.9 Å². The summed E-state index contributed by atoms with van der Waals surface area (Å²) < 4.78 is 11.4. The zero-order chi connectivity index (χ0) is 14.2. The van der Waals surface area contributed by atoms with Crippen LogP contribution in [0, 0.1) is 5.92 Å². The zero-order valence-corrected chi connectivity index (χ0v) is 12.4. The first-order valence-electron chi connectivity index (χ1n) is 7.41. The number of hydrogen-bond donors (Lipinski definition) is 0. The van der Waals surface area contributed by atoms with Crippen molar-refractivity contribution < 1.29 is 9.26 Å². The van der Waals surface area contributed by atoms with E-state index in [-0.39, 0.29) is 6.10 Å². The molecule has 1 atom stereocenters. The number of ether oxygens (including phenoxy) is 1. The van der Waals surface area contributed by atoms with Crippen molar-refractivity contribution in [1.29, 1.82) is 0 Å². The highest BCUT2D eigenvalue weighted by Gasteiger charge is 2.36. The van der Waals surface area contributed by atoms with Crippen LogP contribution in [-0.2, 0) is 0 Å². The third-order valence-electron chi connectivity index (χ3n) is 4.50. The molecule has 1 aromatic heterocycles. The van der Waals surface area contributed by atoms with E-state index in [1.807, 2.05) is 30.3 Å². The van der Waals surface area contributed by atoms with E-state index in [0.717, 1.165) is 12.1 Å². The van der Waals surface area contributed by atoms with E-state index in [2.05, 4.69) is 10.1 Å². The topological polar surface area (TPSA) is 38.5 Å². The number of benzene rings is 1. The van der Waals surface area contributed by atoms with Crippen molar-refractivity contribution in [3.8, 4) is 17.2 Å². The fourth-order valence-corrected chi connectivity index (χ4v) is 3.52. The van der Waals surface area contributed by atoms with Gasteiger partial charge in [-0.1, -0.05) is 41.9 Å². The van der Waals surface area contributed by atoms with Crippen LogP contribution in [0.1, 0.15) is 12.8 Å². The molecule has 3 aliphatic heterocycles. The third kappa shape index (κ3) is 2.43. The quantitative estimate of drug-likeness (QED) is 0.870. The number of aromatic nitrogens is 1. The highest BCUT2D eigenvalue weighted by Crippen LogP contribution is 2.37. The van der Waals surface area contributed by atoms with Gasteiger partial charge in [-0.3, -0.25) is 4.90 Å². The van der Waals surface area contributed by atoms with E-state index < -0.39 is 0 Å². The average molecular weight is 305 g/mol. The van der Waals surface area contributed by atoms with E-state index in [4.69, 9.17) is 20.9 Å². The Bertz CT molecular complexity index is 620. The van der Waals surface area contributed by atoms with Gasteiger partial charge < -0.3 is 9.26 Å². The monoisotopic (exact) mass is 304 g/mol. The van der Waals surface area contributed by atoms with Crippen LogP contribution in [0.25, 0.3) is 11.3 Å². The van der Waals surface area contributed by atoms with Crippen molar-refractivity contribution in [2.24, 2.45) is 5.92 Å². The summed E-state index contributed by atoms with van der Waals surface area (Å²) in [7, 11) is 0. The van der Waals surface area contributed by atoms with E-state index in [1.54, 1.807) is 0 Å². The van der Waals surface area contributed by atoms with Crippen LogP contribution in [0.4, 0.5) is 0 Å². The summed E-state index contributed by atoms with van der Waals surface area (Å²) in [4.78, 5) is 2.44. The lowest BCUT2D eigenvalue weighted by Crippen LogP contribution is -2.52. The SMILES string of the molecule is Clc1c(OC2CN3CCC2CC3)noc1-c1ccccc1. The van der Waals surface area contributed by atoms with Gasteiger partial charge in [0.2, 0.25) is 0 Å². The Hall–Kier alpha value is -1.52. The van der Waals surface area contributed by atoms with Crippen LogP contribution >= 0.6 is 11.6 Å². The molecule has 0 aliphatic carbocycles. The van der Waals surface area contributed by atoms with Crippen LogP contribution < -0.4 is 4.74 Å². The molecule has 3 fully saturated rings. The Kier molecular flexibility index (Phi) is 3.36. The summed E-state index contributed by atoms with van der Waals surface area (Å²) >= 11 is 6.39. The maximum atomic E-state index is 6.39. The number of piperidine rings is 3. The van der Waals surface area contributed by atoms with Crippen molar-refractivity contribution in [1.82, 2.24) is 10.1 Å². The Balaban J connectivity index is 1.55. The van der Waals surface area contributed by atoms with Gasteiger partial charge in [-0.05, 0) is 37.0 Å². The molecule has 0 radical (unpaired) electrons. The van der Waals surface area contributed by atoms with Gasteiger partial charge in [0.25, 0.3) is 5.88 Å². The molecule has 5 rings (SSSR count). The Morgan fingerprint density at radius 3 is 2.62 bits per heavy atom. The van der Waals surface area contributed by atoms with Crippen molar-refractivity contribution in [3.05, 3.63) is 35.4 Å². The second-order valence-corrected chi connectivity index (χ2v) is 6.17. The minimum absolute atomic E-state index is 0.179. The summed E-state index contributed by atoms with van der Waals surface area (Å²) in [6.45, 7) is 3.34. The number of hydrogen-bond acceptors (Lipinski definition) is 4. The van der Waals surface area contributed by atoms with Crippen LogP contribution in [-0.4, -0.2) is 35.8 Å². The molecule has 1 unspecified atom stereocenters. The van der Waals surface area contributed by atoms with Gasteiger partial charge in [0.1, 0.15) is 6.10 Å². The first kappa shape index (κ1) is 13.2. The number of nitrogens with zero attached hydrogens (tertiary/aromatic N) is 2. The van der Waals surface area contributed by atoms with Gasteiger partial charge in [-0.15, -0.1) is 0 Å². The van der Waals surface area contributed by atoms with Crippen LogP contribution in [0.5, 0.6) is 5.88 Å². The maximum absolute atomic E-state index is 6.39. The normalized spacial score (nSPS) is 27.8. The lowest BCUT2D eigenvalue weighted by Gasteiger charge is -2.43. The summed E-state index contributed by atoms with van der Waals surface area (Å²) in [5, 5.41) is 4.49. The highest BCUT2D eigenvalue weighted by molar-refractivity contribution is 6.34. The smallest absolute Gasteiger partial charge is 0.274 e. The molecule has 1 aromatic carbocycles. The van der Waals surface area contributed by atoms with Gasteiger partial charge >= 0.3 is 0 Å². The number of rotatable bonds is 3. The first-order valence-corrected chi connectivity index (χ1v) is 7.78. The molecule has 0 N–H and O–H groups in total. The molecule has 4 nitrogen and oxygen atoms in total. The second kappa shape index (κ2) is 5.35. The first-order chi connectivity index (χ1) is 10.3. The lowest BCUT2D eigenvalue weighted by molar-refractivity contribution is -0.0113. The van der Waals surface area contributed by atoms with Crippen molar-refractivity contribution in [3.63, 3.8) is 0 Å². The van der Waals surface area contributed by atoms with Crippen molar-refractivity contribution >= 4 is 11.6 Å². The molecule has 0 spiro atoms. The maximum Gasteiger partial charge on any atom is 0.274 e. The highest BCUT2D eigenvalue weighted by atomic mass is 35.5. The molecular weight excluding hydrogens is 288 g/mol.